The summed E-state index contributed by atoms with van der Waals surface area (Å²) in [7, 11) is -1.95. The zero-order valence-corrected chi connectivity index (χ0v) is 16.2. The first kappa shape index (κ1) is 19.3. The molecule has 0 radical (unpaired) electrons. The van der Waals surface area contributed by atoms with Gasteiger partial charge in [0, 0.05) is 45.6 Å². The van der Waals surface area contributed by atoms with Crippen LogP contribution in [-0.4, -0.2) is 71.1 Å². The number of ether oxygens (including phenoxy) is 1. The first-order valence-electron chi connectivity index (χ1n) is 8.79. The third-order valence-corrected chi connectivity index (χ3v) is 6.20. The topological polar surface area (TPSA) is 97.6 Å². The van der Waals surface area contributed by atoms with Gasteiger partial charge in [-0.25, -0.2) is 13.4 Å². The molecule has 146 valence electrons. The van der Waals surface area contributed by atoms with Crippen LogP contribution in [0.15, 0.2) is 35.6 Å². The standard InChI is InChI=1S/C17H23N5O4S/c1-3-26-16-15(6-4-7-18-16)17(23)21-8-5-9-22(11-10-21)27(24,25)14-12-19-20(2)13-14/h4,6-7,12-13H,3,5,8-11H2,1-2H3. The Morgan fingerprint density at radius 3 is 2.78 bits per heavy atom. The van der Waals surface area contributed by atoms with Gasteiger partial charge in [-0.3, -0.25) is 9.48 Å². The smallest absolute Gasteiger partial charge is 0.259 e. The largest absolute Gasteiger partial charge is 0.477 e. The van der Waals surface area contributed by atoms with Crippen molar-refractivity contribution in [1.82, 2.24) is 24.0 Å². The van der Waals surface area contributed by atoms with Gasteiger partial charge in [0.05, 0.1) is 12.8 Å². The molecule has 3 heterocycles. The molecular weight excluding hydrogens is 370 g/mol. The molecule has 0 N–H and O–H groups in total. The van der Waals surface area contributed by atoms with E-state index in [2.05, 4.69) is 10.1 Å². The highest BCUT2D eigenvalue weighted by Crippen LogP contribution is 2.20. The molecule has 0 aliphatic carbocycles. The van der Waals surface area contributed by atoms with Crippen molar-refractivity contribution in [2.75, 3.05) is 32.8 Å². The van der Waals surface area contributed by atoms with E-state index >= 15 is 0 Å². The maximum Gasteiger partial charge on any atom is 0.259 e. The third-order valence-electron chi connectivity index (χ3n) is 4.34. The number of amides is 1. The average Bonchev–Trinajstić information content (AvgIpc) is 2.95. The van der Waals surface area contributed by atoms with Crippen LogP contribution in [0.2, 0.25) is 0 Å². The lowest BCUT2D eigenvalue weighted by molar-refractivity contribution is 0.0759. The van der Waals surface area contributed by atoms with Gasteiger partial charge >= 0.3 is 0 Å². The molecule has 0 atom stereocenters. The first-order valence-corrected chi connectivity index (χ1v) is 10.2. The van der Waals surface area contributed by atoms with Gasteiger partial charge in [-0.05, 0) is 25.5 Å². The van der Waals surface area contributed by atoms with Crippen LogP contribution in [0.4, 0.5) is 0 Å². The summed E-state index contributed by atoms with van der Waals surface area (Å²) >= 11 is 0. The van der Waals surface area contributed by atoms with Crippen LogP contribution in [-0.2, 0) is 17.1 Å². The van der Waals surface area contributed by atoms with Gasteiger partial charge in [0.1, 0.15) is 10.5 Å². The second kappa shape index (κ2) is 8.05. The highest BCUT2D eigenvalue weighted by molar-refractivity contribution is 7.89. The Bertz CT molecular complexity index is 912. The molecule has 1 fully saturated rings. The van der Waals surface area contributed by atoms with Crippen LogP contribution in [0.5, 0.6) is 5.88 Å². The van der Waals surface area contributed by atoms with Crippen LogP contribution in [0.1, 0.15) is 23.7 Å². The Morgan fingerprint density at radius 2 is 2.07 bits per heavy atom. The van der Waals surface area contributed by atoms with Crippen molar-refractivity contribution < 1.29 is 17.9 Å². The Hall–Kier alpha value is -2.46. The lowest BCUT2D eigenvalue weighted by Crippen LogP contribution is -2.37. The van der Waals surface area contributed by atoms with Crippen molar-refractivity contribution >= 4 is 15.9 Å². The van der Waals surface area contributed by atoms with Crippen LogP contribution in [0.3, 0.4) is 0 Å². The minimum atomic E-state index is -3.62. The van der Waals surface area contributed by atoms with Crippen molar-refractivity contribution in [1.29, 1.82) is 0 Å². The number of carbonyl (C=O) groups is 1. The highest BCUT2D eigenvalue weighted by Gasteiger charge is 2.30. The summed E-state index contributed by atoms with van der Waals surface area (Å²) in [6.45, 7) is 3.60. The lowest BCUT2D eigenvalue weighted by atomic mass is 10.2. The molecule has 1 amide bonds. The molecule has 1 saturated heterocycles. The molecule has 0 unspecified atom stereocenters. The summed E-state index contributed by atoms with van der Waals surface area (Å²) in [4.78, 5) is 18.8. The quantitative estimate of drug-likeness (QED) is 0.744. The van der Waals surface area contributed by atoms with E-state index in [0.717, 1.165) is 0 Å². The number of aryl methyl sites for hydroxylation is 1. The fourth-order valence-electron chi connectivity index (χ4n) is 2.99. The monoisotopic (exact) mass is 393 g/mol. The predicted molar refractivity (Wildman–Crippen MR) is 97.9 cm³/mol. The number of aromatic nitrogens is 3. The van der Waals surface area contributed by atoms with Crippen LogP contribution < -0.4 is 4.74 Å². The molecule has 3 rings (SSSR count). The minimum Gasteiger partial charge on any atom is -0.477 e. The molecule has 9 nitrogen and oxygen atoms in total. The molecular formula is C17H23N5O4S. The van der Waals surface area contributed by atoms with E-state index in [1.165, 1.54) is 21.4 Å². The van der Waals surface area contributed by atoms with Crippen LogP contribution in [0, 0.1) is 0 Å². The molecule has 1 aliphatic heterocycles. The van der Waals surface area contributed by atoms with Gasteiger partial charge < -0.3 is 9.64 Å². The Morgan fingerprint density at radius 1 is 1.26 bits per heavy atom. The van der Waals surface area contributed by atoms with Crippen molar-refractivity contribution in [3.63, 3.8) is 0 Å². The fraction of sp³-hybridized carbons (Fsp3) is 0.471. The minimum absolute atomic E-state index is 0.163. The molecule has 2 aromatic rings. The second-order valence-electron chi connectivity index (χ2n) is 6.19. The Balaban J connectivity index is 1.74. The summed E-state index contributed by atoms with van der Waals surface area (Å²) in [5, 5.41) is 3.94. The molecule has 27 heavy (non-hydrogen) atoms. The average molecular weight is 393 g/mol. The van der Waals surface area contributed by atoms with E-state index in [1.54, 1.807) is 30.3 Å². The molecule has 2 aromatic heterocycles. The third kappa shape index (κ3) is 4.11. The van der Waals surface area contributed by atoms with Crippen LogP contribution in [0.25, 0.3) is 0 Å². The van der Waals surface area contributed by atoms with Gasteiger partial charge in [0.25, 0.3) is 5.91 Å². The predicted octanol–water partition coefficient (Wildman–Crippen LogP) is 0.751. The molecule has 1 aliphatic rings. The zero-order chi connectivity index (χ0) is 19.4. The van der Waals surface area contributed by atoms with Crippen molar-refractivity contribution in [2.24, 2.45) is 7.05 Å². The molecule has 0 aromatic carbocycles. The van der Waals surface area contributed by atoms with Crippen molar-refractivity contribution in [3.05, 3.63) is 36.3 Å². The second-order valence-corrected chi connectivity index (χ2v) is 8.13. The van der Waals surface area contributed by atoms with E-state index in [1.807, 2.05) is 6.92 Å². The highest BCUT2D eigenvalue weighted by atomic mass is 32.2. The van der Waals surface area contributed by atoms with E-state index in [4.69, 9.17) is 4.74 Å². The zero-order valence-electron chi connectivity index (χ0n) is 15.4. The summed E-state index contributed by atoms with van der Waals surface area (Å²) in [6.07, 6.45) is 4.95. The van der Waals surface area contributed by atoms with Gasteiger partial charge in [-0.15, -0.1) is 0 Å². The molecule has 0 bridgehead atoms. The number of nitrogens with zero attached hydrogens (tertiary/aromatic N) is 5. The van der Waals surface area contributed by atoms with E-state index < -0.39 is 10.0 Å². The van der Waals surface area contributed by atoms with E-state index in [0.29, 0.717) is 44.1 Å². The number of hydrogen-bond donors (Lipinski definition) is 0. The van der Waals surface area contributed by atoms with Crippen molar-refractivity contribution in [3.8, 4) is 5.88 Å². The molecule has 0 spiro atoms. The van der Waals surface area contributed by atoms with Crippen LogP contribution >= 0.6 is 0 Å². The van der Waals surface area contributed by atoms with E-state index in [-0.39, 0.29) is 17.3 Å². The van der Waals surface area contributed by atoms with Crippen molar-refractivity contribution in [2.45, 2.75) is 18.2 Å². The number of carbonyl (C=O) groups excluding carboxylic acids is 1. The maximum absolute atomic E-state index is 12.9. The van der Waals surface area contributed by atoms with Gasteiger partial charge in [-0.1, -0.05) is 0 Å². The summed E-state index contributed by atoms with van der Waals surface area (Å²) in [5.41, 5.74) is 0.392. The molecule has 10 heteroatoms. The summed E-state index contributed by atoms with van der Waals surface area (Å²) in [5.74, 6) is 0.0984. The number of hydrogen-bond acceptors (Lipinski definition) is 6. The van der Waals surface area contributed by atoms with Gasteiger partial charge in [0.15, 0.2) is 0 Å². The summed E-state index contributed by atoms with van der Waals surface area (Å²) in [6, 6.07) is 3.36. The number of sulfonamides is 1. The summed E-state index contributed by atoms with van der Waals surface area (Å²) < 4.78 is 33.9. The SMILES string of the molecule is CCOc1ncccc1C(=O)N1CCCN(S(=O)(=O)c2cnn(C)c2)CC1. The normalized spacial score (nSPS) is 16.1. The van der Waals surface area contributed by atoms with Gasteiger partial charge in [0.2, 0.25) is 15.9 Å². The van der Waals surface area contributed by atoms with E-state index in [9.17, 15) is 13.2 Å². The first-order chi connectivity index (χ1) is 12.9. The number of pyridine rings is 1. The molecule has 0 saturated carbocycles. The number of rotatable bonds is 5. The Kier molecular flexibility index (Phi) is 5.76. The Labute approximate surface area is 158 Å². The van der Waals surface area contributed by atoms with Gasteiger partial charge in [-0.2, -0.15) is 9.40 Å². The maximum atomic E-state index is 12.9. The fourth-order valence-corrected chi connectivity index (χ4v) is 4.45. The lowest BCUT2D eigenvalue weighted by Gasteiger charge is -2.22.